The third-order valence-electron chi connectivity index (χ3n) is 2.59. The molecule has 0 aliphatic rings. The van der Waals surface area contributed by atoms with Crippen LogP contribution in [0.2, 0.25) is 10.0 Å². The summed E-state index contributed by atoms with van der Waals surface area (Å²) in [6.45, 7) is 0. The predicted octanol–water partition coefficient (Wildman–Crippen LogP) is 3.44. The van der Waals surface area contributed by atoms with Crippen molar-refractivity contribution in [1.82, 2.24) is 19.7 Å². The Kier molecular flexibility index (Phi) is 3.19. The fraction of sp³-hybridized carbons (Fsp3) is 0. The van der Waals surface area contributed by atoms with E-state index >= 15 is 0 Å². The second-order valence-corrected chi connectivity index (χ2v) is 4.62. The van der Waals surface area contributed by atoms with Crippen LogP contribution in [0.4, 0.5) is 0 Å². The summed E-state index contributed by atoms with van der Waals surface area (Å²) >= 11 is 12.1. The summed E-state index contributed by atoms with van der Waals surface area (Å²) in [5, 5.41) is 5.27. The zero-order valence-corrected chi connectivity index (χ0v) is 11.1. The smallest absolute Gasteiger partial charge is 0.198 e. The number of benzene rings is 1. The first-order chi connectivity index (χ1) is 9.25. The average molecular weight is 290 g/mol. The van der Waals surface area contributed by atoms with Crippen molar-refractivity contribution >= 4 is 23.2 Å². The molecule has 1 radical (unpaired) electrons. The number of nitrogens with zero attached hydrogens (tertiary/aromatic N) is 4. The van der Waals surface area contributed by atoms with Gasteiger partial charge in [-0.2, -0.15) is 5.10 Å². The van der Waals surface area contributed by atoms with Gasteiger partial charge in [-0.25, -0.2) is 14.6 Å². The molecule has 3 aromatic rings. The van der Waals surface area contributed by atoms with Crippen molar-refractivity contribution in [2.75, 3.05) is 0 Å². The van der Waals surface area contributed by atoms with E-state index in [-0.39, 0.29) is 0 Å². The van der Waals surface area contributed by atoms with E-state index in [2.05, 4.69) is 21.4 Å². The lowest BCUT2D eigenvalue weighted by Crippen LogP contribution is -2.00. The molecule has 0 aliphatic heterocycles. The molecule has 0 bridgehead atoms. The maximum absolute atomic E-state index is 6.21. The lowest BCUT2D eigenvalue weighted by atomic mass is 10.1. The zero-order chi connectivity index (χ0) is 13.2. The van der Waals surface area contributed by atoms with Crippen LogP contribution in [0.1, 0.15) is 0 Å². The van der Waals surface area contributed by atoms with Gasteiger partial charge in [0.2, 0.25) is 0 Å². The van der Waals surface area contributed by atoms with Crippen molar-refractivity contribution in [3.63, 3.8) is 0 Å². The quantitative estimate of drug-likeness (QED) is 0.726. The van der Waals surface area contributed by atoms with E-state index in [1.54, 1.807) is 29.2 Å². The van der Waals surface area contributed by atoms with Gasteiger partial charge in [0.1, 0.15) is 11.4 Å². The first kappa shape index (κ1) is 12.1. The molecule has 6 heteroatoms. The van der Waals surface area contributed by atoms with Crippen LogP contribution in [-0.4, -0.2) is 19.7 Å². The summed E-state index contributed by atoms with van der Waals surface area (Å²) in [6.07, 6.45) is 7.71. The van der Waals surface area contributed by atoms with Crippen LogP contribution in [0.15, 0.2) is 42.9 Å². The molecule has 2 aromatic heterocycles. The molecule has 19 heavy (non-hydrogen) atoms. The highest BCUT2D eigenvalue weighted by molar-refractivity contribution is 6.36. The van der Waals surface area contributed by atoms with Crippen LogP contribution >= 0.6 is 23.2 Å². The summed E-state index contributed by atoms with van der Waals surface area (Å²) in [5.74, 6) is 0. The van der Waals surface area contributed by atoms with Crippen molar-refractivity contribution in [3.8, 4) is 16.9 Å². The van der Waals surface area contributed by atoms with Gasteiger partial charge in [0.25, 0.3) is 0 Å². The maximum atomic E-state index is 6.21. The van der Waals surface area contributed by atoms with Crippen LogP contribution in [-0.2, 0) is 0 Å². The third kappa shape index (κ3) is 2.32. The van der Waals surface area contributed by atoms with E-state index in [0.29, 0.717) is 15.7 Å². The molecule has 1 aromatic carbocycles. The Balaban J connectivity index is 2.21. The number of halogens is 2. The second-order valence-electron chi connectivity index (χ2n) is 3.78. The number of hydrogen-bond donors (Lipinski definition) is 0. The Morgan fingerprint density at radius 1 is 1.21 bits per heavy atom. The van der Waals surface area contributed by atoms with Crippen molar-refractivity contribution in [1.29, 1.82) is 0 Å². The van der Waals surface area contributed by atoms with E-state index in [9.17, 15) is 0 Å². The molecule has 4 nitrogen and oxygen atoms in total. The molecule has 0 atom stereocenters. The van der Waals surface area contributed by atoms with Crippen LogP contribution in [0.25, 0.3) is 16.9 Å². The van der Waals surface area contributed by atoms with Gasteiger partial charge in [0.15, 0.2) is 6.33 Å². The Morgan fingerprint density at radius 2 is 2.11 bits per heavy atom. The number of rotatable bonds is 2. The molecule has 0 fully saturated rings. The first-order valence-electron chi connectivity index (χ1n) is 5.44. The average Bonchev–Trinajstić information content (AvgIpc) is 2.93. The Hall–Kier alpha value is -1.91. The van der Waals surface area contributed by atoms with Gasteiger partial charge in [-0.3, -0.25) is 0 Å². The summed E-state index contributed by atoms with van der Waals surface area (Å²) in [6, 6.07) is 7.07. The van der Waals surface area contributed by atoms with Gasteiger partial charge in [-0.1, -0.05) is 23.2 Å². The SMILES string of the molecule is Clc1ccc(-c2n[c]ncc2-n2cccn2)c(Cl)c1. The summed E-state index contributed by atoms with van der Waals surface area (Å²) in [7, 11) is 0. The summed E-state index contributed by atoms with van der Waals surface area (Å²) < 4.78 is 1.67. The van der Waals surface area contributed by atoms with Crippen molar-refractivity contribution in [2.45, 2.75) is 0 Å². The highest BCUT2D eigenvalue weighted by atomic mass is 35.5. The second kappa shape index (κ2) is 4.99. The Morgan fingerprint density at radius 3 is 2.84 bits per heavy atom. The molecule has 0 amide bonds. The topological polar surface area (TPSA) is 43.6 Å². The number of hydrogen-bond acceptors (Lipinski definition) is 3. The Labute approximate surface area is 119 Å². The molecule has 0 saturated carbocycles. The molecule has 0 unspecified atom stereocenters. The third-order valence-corrected chi connectivity index (χ3v) is 3.13. The van der Waals surface area contributed by atoms with Gasteiger partial charge in [0.05, 0.1) is 11.2 Å². The molecule has 93 valence electrons. The molecule has 0 N–H and O–H groups in total. The lowest BCUT2D eigenvalue weighted by Gasteiger charge is -2.09. The first-order valence-corrected chi connectivity index (χ1v) is 6.20. The number of aromatic nitrogens is 4. The van der Waals surface area contributed by atoms with Crippen LogP contribution in [0.3, 0.4) is 0 Å². The van der Waals surface area contributed by atoms with Crippen molar-refractivity contribution in [3.05, 3.63) is 59.2 Å². The van der Waals surface area contributed by atoms with Crippen molar-refractivity contribution < 1.29 is 0 Å². The largest absolute Gasteiger partial charge is 0.237 e. The van der Waals surface area contributed by atoms with E-state index in [4.69, 9.17) is 23.2 Å². The van der Waals surface area contributed by atoms with Gasteiger partial charge in [-0.15, -0.1) is 0 Å². The maximum Gasteiger partial charge on any atom is 0.198 e. The van der Waals surface area contributed by atoms with Gasteiger partial charge >= 0.3 is 0 Å². The standard InChI is InChI=1S/C13H7Cl2N4/c14-9-2-3-10(11(15)6-9)13-12(7-16-8-17-13)19-5-1-4-18-19/h1-7H. The Bertz CT molecular complexity index is 710. The minimum absolute atomic E-state index is 0.521. The van der Waals surface area contributed by atoms with Crippen molar-refractivity contribution in [2.24, 2.45) is 0 Å². The molecule has 0 spiro atoms. The van der Waals surface area contributed by atoms with E-state index in [1.807, 2.05) is 18.3 Å². The molecule has 0 saturated heterocycles. The fourth-order valence-electron chi connectivity index (χ4n) is 1.75. The fourth-order valence-corrected chi connectivity index (χ4v) is 2.24. The van der Waals surface area contributed by atoms with E-state index in [0.717, 1.165) is 11.3 Å². The van der Waals surface area contributed by atoms with Gasteiger partial charge < -0.3 is 0 Å². The zero-order valence-electron chi connectivity index (χ0n) is 9.59. The predicted molar refractivity (Wildman–Crippen MR) is 73.4 cm³/mol. The van der Waals surface area contributed by atoms with Gasteiger partial charge in [0, 0.05) is 23.0 Å². The summed E-state index contributed by atoms with van der Waals surface area (Å²) in [4.78, 5) is 8.08. The normalized spacial score (nSPS) is 10.6. The minimum atomic E-state index is 0.521. The van der Waals surface area contributed by atoms with E-state index < -0.39 is 0 Å². The monoisotopic (exact) mass is 289 g/mol. The summed E-state index contributed by atoms with van der Waals surface area (Å²) in [5.41, 5.74) is 2.14. The molecule has 3 rings (SSSR count). The minimum Gasteiger partial charge on any atom is -0.237 e. The van der Waals surface area contributed by atoms with Crippen LogP contribution in [0.5, 0.6) is 0 Å². The van der Waals surface area contributed by atoms with Crippen LogP contribution in [0, 0.1) is 6.33 Å². The molecular weight excluding hydrogens is 283 g/mol. The van der Waals surface area contributed by atoms with Gasteiger partial charge in [-0.05, 0) is 24.3 Å². The lowest BCUT2D eigenvalue weighted by molar-refractivity contribution is 0.865. The highest BCUT2D eigenvalue weighted by Gasteiger charge is 2.12. The highest BCUT2D eigenvalue weighted by Crippen LogP contribution is 2.31. The van der Waals surface area contributed by atoms with E-state index in [1.165, 1.54) is 0 Å². The molecule has 2 heterocycles. The molecular formula is C13H7Cl2N4. The molecule has 0 aliphatic carbocycles. The van der Waals surface area contributed by atoms with Crippen LogP contribution < -0.4 is 0 Å².